The molecule has 24 heavy (non-hydrogen) atoms. The second-order valence-electron chi connectivity index (χ2n) is 6.83. The first kappa shape index (κ1) is 17.2. The van der Waals surface area contributed by atoms with Crippen molar-refractivity contribution in [3.8, 4) is 10.6 Å². The molecule has 1 aromatic carbocycles. The molecule has 0 spiro atoms. The number of hydrogen-bond donors (Lipinski definition) is 1. The van der Waals surface area contributed by atoms with Gasteiger partial charge in [0.2, 0.25) is 5.91 Å². The number of carbonyl (C=O) groups excluding carboxylic acids is 1. The first-order valence-corrected chi connectivity index (χ1v) is 9.74. The van der Waals surface area contributed by atoms with E-state index in [2.05, 4.69) is 24.4 Å². The molecule has 1 saturated carbocycles. The molecule has 2 aromatic rings. The fraction of sp³-hybridized carbons (Fsp3) is 0.500. The van der Waals surface area contributed by atoms with Crippen molar-refractivity contribution in [3.63, 3.8) is 0 Å². The van der Waals surface area contributed by atoms with Gasteiger partial charge in [0.1, 0.15) is 5.01 Å². The molecular weight excluding hydrogens is 316 g/mol. The average molecular weight is 343 g/mol. The van der Waals surface area contributed by atoms with Gasteiger partial charge in [-0.3, -0.25) is 4.79 Å². The lowest BCUT2D eigenvalue weighted by Crippen LogP contribution is -2.25. The number of benzene rings is 1. The van der Waals surface area contributed by atoms with E-state index in [-0.39, 0.29) is 5.91 Å². The summed E-state index contributed by atoms with van der Waals surface area (Å²) in [5, 5.41) is 4.14. The number of nitrogens with one attached hydrogen (secondary N) is 1. The molecule has 1 amide bonds. The van der Waals surface area contributed by atoms with E-state index in [1.54, 1.807) is 11.3 Å². The summed E-state index contributed by atoms with van der Waals surface area (Å²) in [7, 11) is 0. The van der Waals surface area contributed by atoms with Gasteiger partial charge in [-0.05, 0) is 38.2 Å². The molecule has 0 unspecified atom stereocenters. The number of hydrogen-bond acceptors (Lipinski definition) is 3. The van der Waals surface area contributed by atoms with Crippen LogP contribution < -0.4 is 5.32 Å². The number of amides is 1. The summed E-state index contributed by atoms with van der Waals surface area (Å²) >= 11 is 1.69. The van der Waals surface area contributed by atoms with Crippen LogP contribution in [0.5, 0.6) is 0 Å². The van der Waals surface area contributed by atoms with Crippen molar-refractivity contribution in [2.45, 2.75) is 58.9 Å². The molecule has 128 valence electrons. The van der Waals surface area contributed by atoms with E-state index in [0.29, 0.717) is 18.9 Å². The summed E-state index contributed by atoms with van der Waals surface area (Å²) in [4.78, 5) is 18.1. The Balaban J connectivity index is 1.59. The molecule has 4 heteroatoms. The van der Waals surface area contributed by atoms with E-state index in [9.17, 15) is 4.79 Å². The number of carbonyl (C=O) groups is 1. The van der Waals surface area contributed by atoms with Crippen LogP contribution >= 0.6 is 11.3 Å². The van der Waals surface area contributed by atoms with Crippen molar-refractivity contribution in [3.05, 3.63) is 40.4 Å². The van der Waals surface area contributed by atoms with Gasteiger partial charge in [-0.25, -0.2) is 4.98 Å². The Morgan fingerprint density at radius 1 is 1.21 bits per heavy atom. The fourth-order valence-corrected chi connectivity index (χ4v) is 4.52. The molecule has 1 N–H and O–H groups in total. The molecule has 1 aromatic heterocycles. The molecule has 1 aliphatic rings. The van der Waals surface area contributed by atoms with Crippen molar-refractivity contribution < 1.29 is 4.79 Å². The summed E-state index contributed by atoms with van der Waals surface area (Å²) in [6.45, 7) is 4.74. The smallest absolute Gasteiger partial charge is 0.220 e. The predicted molar refractivity (Wildman–Crippen MR) is 100 cm³/mol. The van der Waals surface area contributed by atoms with Gasteiger partial charge in [-0.15, -0.1) is 11.3 Å². The lowest BCUT2D eigenvalue weighted by molar-refractivity contribution is -0.122. The first-order chi connectivity index (χ1) is 11.6. The molecule has 0 bridgehead atoms. The van der Waals surface area contributed by atoms with Gasteiger partial charge >= 0.3 is 0 Å². The molecule has 1 fully saturated rings. The lowest BCUT2D eigenvalue weighted by Gasteiger charge is -2.20. The summed E-state index contributed by atoms with van der Waals surface area (Å²) < 4.78 is 0. The van der Waals surface area contributed by atoms with Crippen molar-refractivity contribution in [2.24, 2.45) is 5.92 Å². The Morgan fingerprint density at radius 3 is 2.71 bits per heavy atom. The predicted octanol–water partition coefficient (Wildman–Crippen LogP) is 5.01. The Kier molecular flexibility index (Phi) is 5.67. The van der Waals surface area contributed by atoms with E-state index in [1.165, 1.54) is 43.2 Å². The number of aryl methyl sites for hydroxylation is 2. The highest BCUT2D eigenvalue weighted by Gasteiger charge is 2.17. The minimum atomic E-state index is 0.187. The van der Waals surface area contributed by atoms with Gasteiger partial charge in [-0.2, -0.15) is 0 Å². The van der Waals surface area contributed by atoms with Crippen molar-refractivity contribution in [1.29, 1.82) is 0 Å². The zero-order valence-electron chi connectivity index (χ0n) is 14.6. The molecule has 0 radical (unpaired) electrons. The SMILES string of the molecule is Cc1ccccc1-c1nc(C)c(CNC(=O)CC2CCCCC2)s1. The molecular formula is C20H26N2OS. The highest BCUT2D eigenvalue weighted by atomic mass is 32.1. The maximum absolute atomic E-state index is 12.2. The van der Waals surface area contributed by atoms with Gasteiger partial charge in [0.25, 0.3) is 0 Å². The van der Waals surface area contributed by atoms with E-state index >= 15 is 0 Å². The van der Waals surface area contributed by atoms with Gasteiger partial charge in [0.15, 0.2) is 0 Å². The Labute approximate surface area is 148 Å². The van der Waals surface area contributed by atoms with Crippen LogP contribution in [0.4, 0.5) is 0 Å². The maximum Gasteiger partial charge on any atom is 0.220 e. The molecule has 0 aliphatic heterocycles. The summed E-state index contributed by atoms with van der Waals surface area (Å²) in [5.74, 6) is 0.774. The second kappa shape index (κ2) is 7.93. The Hall–Kier alpha value is -1.68. The maximum atomic E-state index is 12.2. The van der Waals surface area contributed by atoms with Crippen molar-refractivity contribution in [2.75, 3.05) is 0 Å². The van der Waals surface area contributed by atoms with E-state index in [1.807, 2.05) is 19.1 Å². The van der Waals surface area contributed by atoms with Gasteiger partial charge < -0.3 is 5.32 Å². The molecule has 0 atom stereocenters. The van der Waals surface area contributed by atoms with Crippen LogP contribution in [0.2, 0.25) is 0 Å². The molecule has 1 heterocycles. The third-order valence-electron chi connectivity index (χ3n) is 4.91. The van der Waals surface area contributed by atoms with Crippen LogP contribution in [0.25, 0.3) is 10.6 Å². The topological polar surface area (TPSA) is 42.0 Å². The fourth-order valence-electron chi connectivity index (χ4n) is 3.42. The quantitative estimate of drug-likeness (QED) is 0.829. The van der Waals surface area contributed by atoms with E-state index < -0.39 is 0 Å². The Bertz CT molecular complexity index is 701. The highest BCUT2D eigenvalue weighted by Crippen LogP contribution is 2.30. The first-order valence-electron chi connectivity index (χ1n) is 8.92. The van der Waals surface area contributed by atoms with Crippen molar-refractivity contribution >= 4 is 17.2 Å². The number of nitrogens with zero attached hydrogens (tertiary/aromatic N) is 1. The normalized spacial score (nSPS) is 15.4. The zero-order chi connectivity index (χ0) is 16.9. The Morgan fingerprint density at radius 2 is 1.96 bits per heavy atom. The molecule has 3 nitrogen and oxygen atoms in total. The van der Waals surface area contributed by atoms with Gasteiger partial charge in [0.05, 0.1) is 12.2 Å². The number of rotatable bonds is 5. The minimum Gasteiger partial charge on any atom is -0.351 e. The zero-order valence-corrected chi connectivity index (χ0v) is 15.4. The van der Waals surface area contributed by atoms with Crippen LogP contribution in [0, 0.1) is 19.8 Å². The third kappa shape index (κ3) is 4.23. The van der Waals surface area contributed by atoms with Crippen LogP contribution in [-0.4, -0.2) is 10.9 Å². The van der Waals surface area contributed by atoms with Gasteiger partial charge in [0, 0.05) is 16.9 Å². The van der Waals surface area contributed by atoms with E-state index in [4.69, 9.17) is 4.98 Å². The largest absolute Gasteiger partial charge is 0.351 e. The van der Waals surface area contributed by atoms with Crippen LogP contribution in [0.15, 0.2) is 24.3 Å². The van der Waals surface area contributed by atoms with Crippen molar-refractivity contribution in [1.82, 2.24) is 10.3 Å². The summed E-state index contributed by atoms with van der Waals surface area (Å²) in [6.07, 6.45) is 7.01. The molecule has 3 rings (SSSR count). The minimum absolute atomic E-state index is 0.187. The van der Waals surface area contributed by atoms with Crippen LogP contribution in [-0.2, 0) is 11.3 Å². The van der Waals surface area contributed by atoms with Crippen LogP contribution in [0.3, 0.4) is 0 Å². The molecule has 1 aliphatic carbocycles. The number of thiazole rings is 1. The van der Waals surface area contributed by atoms with Crippen LogP contribution in [0.1, 0.15) is 54.7 Å². The summed E-state index contributed by atoms with van der Waals surface area (Å²) in [5.41, 5.74) is 3.45. The highest BCUT2D eigenvalue weighted by molar-refractivity contribution is 7.15. The second-order valence-corrected chi connectivity index (χ2v) is 7.91. The molecule has 0 saturated heterocycles. The summed E-state index contributed by atoms with van der Waals surface area (Å²) in [6, 6.07) is 8.31. The third-order valence-corrected chi connectivity index (χ3v) is 6.10. The van der Waals surface area contributed by atoms with Gasteiger partial charge in [-0.1, -0.05) is 43.5 Å². The monoisotopic (exact) mass is 342 g/mol. The average Bonchev–Trinajstić information content (AvgIpc) is 2.95. The lowest BCUT2D eigenvalue weighted by atomic mass is 9.87. The van der Waals surface area contributed by atoms with E-state index in [0.717, 1.165) is 15.6 Å². The number of aromatic nitrogens is 1. The standard InChI is InChI=1S/C20H26N2OS/c1-14-8-6-7-11-17(14)20-22-15(2)18(24-20)13-21-19(23)12-16-9-4-3-5-10-16/h6-8,11,16H,3-5,9-10,12-13H2,1-2H3,(H,21,23).